The first-order valence-corrected chi connectivity index (χ1v) is 9.41. The molecule has 0 unspecified atom stereocenters. The molecule has 2 N–H and O–H groups in total. The largest absolute Gasteiger partial charge is 0.376 e. The van der Waals surface area contributed by atoms with Crippen LogP contribution in [0.1, 0.15) is 5.56 Å². The Morgan fingerprint density at radius 2 is 1.81 bits per heavy atom. The number of carbonyl (C=O) groups excluding carboxylic acids is 2. The van der Waals surface area contributed by atoms with Gasteiger partial charge in [-0.2, -0.15) is 0 Å². The van der Waals surface area contributed by atoms with Gasteiger partial charge >= 0.3 is 0 Å². The number of halogens is 1. The zero-order valence-electron chi connectivity index (χ0n) is 14.9. The maximum absolute atomic E-state index is 12.5. The Balaban J connectivity index is 1.28. The summed E-state index contributed by atoms with van der Waals surface area (Å²) in [6.07, 6.45) is 0.394. The number of nitrogens with zero attached hydrogens (tertiary/aromatic N) is 2. The van der Waals surface area contributed by atoms with Crippen LogP contribution >= 0.6 is 11.6 Å². The number of rotatable bonds is 4. The molecule has 2 aliphatic heterocycles. The highest BCUT2D eigenvalue weighted by atomic mass is 35.5. The summed E-state index contributed by atoms with van der Waals surface area (Å²) in [5, 5.41) is 6.71. The van der Waals surface area contributed by atoms with Gasteiger partial charge in [0.05, 0.1) is 13.0 Å². The summed E-state index contributed by atoms with van der Waals surface area (Å²) >= 11 is 5.94. The van der Waals surface area contributed by atoms with E-state index >= 15 is 0 Å². The fraction of sp³-hybridized carbons (Fsp3) is 0.300. The highest BCUT2D eigenvalue weighted by molar-refractivity contribution is 6.30. The van der Waals surface area contributed by atoms with Gasteiger partial charge < -0.3 is 20.4 Å². The highest BCUT2D eigenvalue weighted by Crippen LogP contribution is 2.26. The Kier molecular flexibility index (Phi) is 4.90. The zero-order valence-corrected chi connectivity index (χ0v) is 15.6. The predicted octanol–water partition coefficient (Wildman–Crippen LogP) is 2.60. The summed E-state index contributed by atoms with van der Waals surface area (Å²) in [6, 6.07) is 13.5. The first kappa shape index (κ1) is 17.7. The fourth-order valence-corrected chi connectivity index (χ4v) is 3.62. The van der Waals surface area contributed by atoms with E-state index in [-0.39, 0.29) is 18.4 Å². The van der Waals surface area contributed by atoms with Crippen LogP contribution in [0.15, 0.2) is 42.5 Å². The van der Waals surface area contributed by atoms with E-state index in [2.05, 4.69) is 15.5 Å². The lowest BCUT2D eigenvalue weighted by atomic mass is 10.1. The number of nitrogens with one attached hydrogen (secondary N) is 2. The molecule has 2 aromatic rings. The van der Waals surface area contributed by atoms with Crippen LogP contribution in [0, 0.1) is 0 Å². The zero-order chi connectivity index (χ0) is 18.8. The molecule has 0 radical (unpaired) electrons. The molecule has 2 aliphatic rings. The quantitative estimate of drug-likeness (QED) is 0.850. The second-order valence-corrected chi connectivity index (χ2v) is 7.23. The van der Waals surface area contributed by atoms with Crippen LogP contribution in [0.4, 0.5) is 17.1 Å². The Hall–Kier alpha value is -2.73. The van der Waals surface area contributed by atoms with Gasteiger partial charge in [0.15, 0.2) is 0 Å². The monoisotopic (exact) mass is 384 g/mol. The summed E-state index contributed by atoms with van der Waals surface area (Å²) in [4.78, 5) is 28.1. The van der Waals surface area contributed by atoms with Crippen molar-refractivity contribution in [2.24, 2.45) is 0 Å². The summed E-state index contributed by atoms with van der Waals surface area (Å²) < 4.78 is 0. The van der Waals surface area contributed by atoms with Gasteiger partial charge in [-0.1, -0.05) is 11.6 Å². The van der Waals surface area contributed by atoms with E-state index in [1.807, 2.05) is 47.4 Å². The van der Waals surface area contributed by atoms with Crippen LogP contribution in [0.25, 0.3) is 0 Å². The van der Waals surface area contributed by atoms with Gasteiger partial charge in [0.2, 0.25) is 11.8 Å². The maximum atomic E-state index is 12.5. The number of hydrogen-bond acceptors (Lipinski definition) is 4. The van der Waals surface area contributed by atoms with Gasteiger partial charge in [-0.05, 0) is 48.0 Å². The van der Waals surface area contributed by atoms with E-state index in [1.54, 1.807) is 0 Å². The van der Waals surface area contributed by atoms with Gasteiger partial charge in [0.25, 0.3) is 0 Å². The van der Waals surface area contributed by atoms with E-state index in [1.165, 1.54) is 0 Å². The highest BCUT2D eigenvalue weighted by Gasteiger charge is 2.21. The van der Waals surface area contributed by atoms with Crippen molar-refractivity contribution in [3.63, 3.8) is 0 Å². The van der Waals surface area contributed by atoms with Crippen molar-refractivity contribution in [2.75, 3.05) is 48.3 Å². The third-order valence-electron chi connectivity index (χ3n) is 5.00. The van der Waals surface area contributed by atoms with Crippen LogP contribution in [-0.4, -0.2) is 49.4 Å². The molecule has 0 atom stereocenters. The predicted molar refractivity (Wildman–Crippen MR) is 108 cm³/mol. The lowest BCUT2D eigenvalue weighted by Crippen LogP contribution is -2.50. The van der Waals surface area contributed by atoms with Crippen LogP contribution in [0.5, 0.6) is 0 Å². The minimum Gasteiger partial charge on any atom is -0.376 e. The summed E-state index contributed by atoms with van der Waals surface area (Å²) in [7, 11) is 0. The second kappa shape index (κ2) is 7.48. The summed E-state index contributed by atoms with van der Waals surface area (Å²) in [5.41, 5.74) is 3.81. The Bertz CT molecular complexity index is 861. The minimum atomic E-state index is 0.0109. The molecular formula is C20H21ClN4O2. The molecule has 4 rings (SSSR count). The van der Waals surface area contributed by atoms with E-state index in [9.17, 15) is 9.59 Å². The fourth-order valence-electron chi connectivity index (χ4n) is 3.49. The third-order valence-corrected chi connectivity index (χ3v) is 5.25. The molecule has 0 spiro atoms. The molecule has 0 aliphatic carbocycles. The van der Waals surface area contributed by atoms with Crippen molar-refractivity contribution in [1.82, 2.24) is 4.90 Å². The van der Waals surface area contributed by atoms with Crippen molar-refractivity contribution >= 4 is 40.5 Å². The number of carbonyl (C=O) groups is 2. The topological polar surface area (TPSA) is 64.7 Å². The van der Waals surface area contributed by atoms with Gasteiger partial charge in [-0.3, -0.25) is 9.59 Å². The smallest absolute Gasteiger partial charge is 0.241 e. The van der Waals surface area contributed by atoms with E-state index in [4.69, 9.17) is 11.6 Å². The average molecular weight is 385 g/mol. The van der Waals surface area contributed by atoms with Crippen molar-refractivity contribution in [2.45, 2.75) is 6.42 Å². The van der Waals surface area contributed by atoms with E-state index in [0.717, 1.165) is 40.7 Å². The van der Waals surface area contributed by atoms with Crippen LogP contribution in [-0.2, 0) is 16.0 Å². The standard InChI is InChI=1S/C20H21ClN4O2/c21-15-1-4-17(5-2-15)24-7-9-25(10-8-24)20(27)13-22-16-3-6-18-14(11-16)12-19(26)23-18/h1-6,11,22H,7-10,12-13H2,(H,23,26). The second-order valence-electron chi connectivity index (χ2n) is 6.79. The SMILES string of the molecule is O=C1Cc2cc(NCC(=O)N3CCN(c4ccc(Cl)cc4)CC3)ccc2N1. The van der Waals surface area contributed by atoms with Gasteiger partial charge in [-0.25, -0.2) is 0 Å². The number of fused-ring (bicyclic) bond motifs is 1. The van der Waals surface area contributed by atoms with Gasteiger partial charge in [-0.15, -0.1) is 0 Å². The first-order valence-electron chi connectivity index (χ1n) is 9.03. The maximum Gasteiger partial charge on any atom is 0.241 e. The molecule has 2 aromatic carbocycles. The molecule has 7 heteroatoms. The Labute approximate surface area is 163 Å². The number of anilines is 3. The molecule has 6 nitrogen and oxygen atoms in total. The lowest BCUT2D eigenvalue weighted by molar-refractivity contribution is -0.129. The molecule has 0 bridgehead atoms. The summed E-state index contributed by atoms with van der Waals surface area (Å²) in [6.45, 7) is 3.26. The molecule has 1 fully saturated rings. The Morgan fingerprint density at radius 1 is 1.07 bits per heavy atom. The average Bonchev–Trinajstić information content (AvgIpc) is 3.06. The molecule has 140 valence electrons. The molecule has 0 saturated carbocycles. The summed E-state index contributed by atoms with van der Waals surface area (Å²) in [5.74, 6) is 0.0947. The van der Waals surface area contributed by atoms with Crippen LogP contribution < -0.4 is 15.5 Å². The lowest BCUT2D eigenvalue weighted by Gasteiger charge is -2.36. The normalized spacial score (nSPS) is 16.1. The van der Waals surface area contributed by atoms with E-state index in [0.29, 0.717) is 19.5 Å². The number of amides is 2. The Morgan fingerprint density at radius 3 is 2.56 bits per heavy atom. The van der Waals surface area contributed by atoms with Gasteiger partial charge in [0.1, 0.15) is 0 Å². The molecular weight excluding hydrogens is 364 g/mol. The van der Waals surface area contributed by atoms with Crippen LogP contribution in [0.2, 0.25) is 5.02 Å². The van der Waals surface area contributed by atoms with Crippen molar-refractivity contribution < 1.29 is 9.59 Å². The molecule has 27 heavy (non-hydrogen) atoms. The first-order chi connectivity index (χ1) is 13.1. The van der Waals surface area contributed by atoms with Crippen molar-refractivity contribution in [3.8, 4) is 0 Å². The van der Waals surface area contributed by atoms with Crippen LogP contribution in [0.3, 0.4) is 0 Å². The number of hydrogen-bond donors (Lipinski definition) is 2. The number of piperazine rings is 1. The van der Waals surface area contributed by atoms with E-state index < -0.39 is 0 Å². The minimum absolute atomic E-state index is 0.0109. The third kappa shape index (κ3) is 4.01. The molecule has 1 saturated heterocycles. The molecule has 0 aromatic heterocycles. The molecule has 2 amide bonds. The van der Waals surface area contributed by atoms with Crippen molar-refractivity contribution in [1.29, 1.82) is 0 Å². The molecule has 2 heterocycles. The van der Waals surface area contributed by atoms with Crippen molar-refractivity contribution in [3.05, 3.63) is 53.1 Å². The number of benzene rings is 2. The van der Waals surface area contributed by atoms with Gasteiger partial charge in [0, 0.05) is 48.3 Å².